The average Bonchev–Trinajstić information content (AvgIpc) is 3.07. The molecule has 1 N–H and O–H groups in total. The molecule has 0 spiro atoms. The Hall–Kier alpha value is -3.29. The van der Waals surface area contributed by atoms with E-state index in [1.807, 2.05) is 18.2 Å². The second-order valence-corrected chi connectivity index (χ2v) is 5.83. The lowest BCUT2D eigenvalue weighted by molar-refractivity contribution is 0.0690. The fraction of sp³-hybridized carbons (Fsp3) is 0.235. The Morgan fingerprint density at radius 1 is 1.24 bits per heavy atom. The zero-order chi connectivity index (χ0) is 17.4. The minimum atomic E-state index is -1.00. The number of hydrogen-bond donors (Lipinski definition) is 1. The van der Waals surface area contributed by atoms with E-state index in [1.54, 1.807) is 19.2 Å². The number of anilines is 1. The van der Waals surface area contributed by atoms with Gasteiger partial charge in [0.25, 0.3) is 5.89 Å². The number of aryl methyl sites for hydroxylation is 1. The van der Waals surface area contributed by atoms with Gasteiger partial charge in [-0.15, -0.1) is 0 Å². The van der Waals surface area contributed by atoms with Gasteiger partial charge in [-0.1, -0.05) is 11.2 Å². The third kappa shape index (κ3) is 2.93. The Labute approximate surface area is 143 Å². The Morgan fingerprint density at radius 2 is 2.12 bits per heavy atom. The van der Waals surface area contributed by atoms with Gasteiger partial charge in [-0.2, -0.15) is 4.98 Å². The summed E-state index contributed by atoms with van der Waals surface area (Å²) in [5.41, 5.74) is 2.72. The summed E-state index contributed by atoms with van der Waals surface area (Å²) in [4.78, 5) is 26.1. The van der Waals surface area contributed by atoms with Gasteiger partial charge in [-0.3, -0.25) is 0 Å². The lowest BCUT2D eigenvalue weighted by Gasteiger charge is -2.29. The number of hydrogen-bond acceptors (Lipinski definition) is 7. The molecular formula is C17H15N5O3. The van der Waals surface area contributed by atoms with Crippen molar-refractivity contribution in [3.8, 4) is 11.5 Å². The predicted molar refractivity (Wildman–Crippen MR) is 88.2 cm³/mol. The second-order valence-electron chi connectivity index (χ2n) is 5.83. The number of aromatic nitrogens is 4. The normalized spacial score (nSPS) is 13.6. The summed E-state index contributed by atoms with van der Waals surface area (Å²) in [5.74, 6) is 0.873. The summed E-state index contributed by atoms with van der Waals surface area (Å²) in [6.07, 6.45) is 2.40. The van der Waals surface area contributed by atoms with Crippen LogP contribution >= 0.6 is 0 Å². The number of pyridine rings is 2. The number of rotatable bonds is 3. The Balaban J connectivity index is 1.54. The molecule has 8 nitrogen and oxygen atoms in total. The van der Waals surface area contributed by atoms with Crippen molar-refractivity contribution >= 4 is 11.8 Å². The summed E-state index contributed by atoms with van der Waals surface area (Å²) in [6, 6.07) is 7.18. The van der Waals surface area contributed by atoms with Crippen LogP contribution in [0.1, 0.15) is 27.6 Å². The molecule has 0 aliphatic carbocycles. The number of nitrogens with zero attached hydrogens (tertiary/aromatic N) is 5. The van der Waals surface area contributed by atoms with E-state index in [0.717, 1.165) is 29.2 Å². The molecule has 0 unspecified atom stereocenters. The van der Waals surface area contributed by atoms with E-state index >= 15 is 0 Å². The monoisotopic (exact) mass is 337 g/mol. The van der Waals surface area contributed by atoms with E-state index in [1.165, 1.54) is 0 Å². The topological polar surface area (TPSA) is 105 Å². The van der Waals surface area contributed by atoms with E-state index in [2.05, 4.69) is 25.0 Å². The molecule has 0 amide bonds. The van der Waals surface area contributed by atoms with Crippen molar-refractivity contribution in [2.24, 2.45) is 0 Å². The van der Waals surface area contributed by atoms with Crippen LogP contribution in [0.3, 0.4) is 0 Å². The number of fused-ring (bicyclic) bond motifs is 1. The molecule has 126 valence electrons. The van der Waals surface area contributed by atoms with Crippen molar-refractivity contribution in [1.82, 2.24) is 20.1 Å². The van der Waals surface area contributed by atoms with Gasteiger partial charge < -0.3 is 14.5 Å². The van der Waals surface area contributed by atoms with E-state index < -0.39 is 5.97 Å². The van der Waals surface area contributed by atoms with Crippen molar-refractivity contribution in [3.63, 3.8) is 0 Å². The maximum atomic E-state index is 11.0. The highest BCUT2D eigenvalue weighted by atomic mass is 16.5. The summed E-state index contributed by atoms with van der Waals surface area (Å²) < 4.78 is 5.14. The van der Waals surface area contributed by atoms with E-state index in [4.69, 9.17) is 9.63 Å². The van der Waals surface area contributed by atoms with Crippen molar-refractivity contribution in [3.05, 3.63) is 53.2 Å². The third-order valence-electron chi connectivity index (χ3n) is 4.11. The van der Waals surface area contributed by atoms with Gasteiger partial charge in [0.15, 0.2) is 5.82 Å². The number of aromatic carboxylic acids is 1. The van der Waals surface area contributed by atoms with Crippen LogP contribution in [0.25, 0.3) is 11.5 Å². The molecule has 0 bridgehead atoms. The lowest BCUT2D eigenvalue weighted by Crippen LogP contribution is -2.31. The van der Waals surface area contributed by atoms with E-state index in [0.29, 0.717) is 24.7 Å². The van der Waals surface area contributed by atoms with Gasteiger partial charge in [-0.05, 0) is 30.7 Å². The van der Waals surface area contributed by atoms with Crippen molar-refractivity contribution < 1.29 is 14.4 Å². The molecule has 1 aliphatic rings. The number of carbonyl (C=O) groups is 1. The third-order valence-corrected chi connectivity index (χ3v) is 4.11. The fourth-order valence-corrected chi connectivity index (χ4v) is 2.84. The van der Waals surface area contributed by atoms with Crippen LogP contribution in [-0.2, 0) is 13.0 Å². The van der Waals surface area contributed by atoms with Crippen LogP contribution in [0.4, 0.5) is 5.82 Å². The molecule has 0 atom stereocenters. The molecule has 0 fully saturated rings. The average molecular weight is 337 g/mol. The van der Waals surface area contributed by atoms with Crippen LogP contribution in [-0.4, -0.2) is 37.7 Å². The summed E-state index contributed by atoms with van der Waals surface area (Å²) in [5, 5.41) is 12.8. The fourth-order valence-electron chi connectivity index (χ4n) is 2.84. The maximum absolute atomic E-state index is 11.0. The van der Waals surface area contributed by atoms with Gasteiger partial charge in [0.05, 0.1) is 5.56 Å². The highest BCUT2D eigenvalue weighted by Crippen LogP contribution is 2.24. The van der Waals surface area contributed by atoms with Crippen LogP contribution in [0.15, 0.2) is 35.0 Å². The van der Waals surface area contributed by atoms with Gasteiger partial charge in [0.1, 0.15) is 11.5 Å². The quantitative estimate of drug-likeness (QED) is 0.774. The summed E-state index contributed by atoms with van der Waals surface area (Å²) in [7, 11) is 0. The minimum absolute atomic E-state index is 0.0875. The SMILES string of the molecule is Cc1noc(-c2ccc(N3CCc4nc(C(=O)O)ccc4C3)nc2)n1. The van der Waals surface area contributed by atoms with Crippen LogP contribution in [0.2, 0.25) is 0 Å². The second kappa shape index (κ2) is 5.97. The summed E-state index contributed by atoms with van der Waals surface area (Å²) in [6.45, 7) is 3.15. The molecule has 4 heterocycles. The largest absolute Gasteiger partial charge is 0.477 e. The van der Waals surface area contributed by atoms with Gasteiger partial charge in [0.2, 0.25) is 0 Å². The van der Waals surface area contributed by atoms with Gasteiger partial charge in [0, 0.05) is 31.4 Å². The first-order valence-corrected chi connectivity index (χ1v) is 7.84. The van der Waals surface area contributed by atoms with Gasteiger partial charge >= 0.3 is 5.97 Å². The van der Waals surface area contributed by atoms with Gasteiger partial charge in [-0.25, -0.2) is 14.8 Å². The van der Waals surface area contributed by atoms with Crippen LogP contribution in [0.5, 0.6) is 0 Å². The standard InChI is InChI=1S/C17H15N5O3/c1-10-19-16(25-21-10)11-3-5-15(18-8-11)22-7-6-13-12(9-22)2-4-14(20-13)17(23)24/h2-5,8H,6-7,9H2,1H3,(H,23,24). The predicted octanol–water partition coefficient (Wildman–Crippen LogP) is 2.10. The molecule has 4 rings (SSSR count). The molecule has 0 aromatic carbocycles. The molecule has 0 saturated heterocycles. The van der Waals surface area contributed by atoms with Crippen molar-refractivity contribution in [2.75, 3.05) is 11.4 Å². The molecular weight excluding hydrogens is 322 g/mol. The highest BCUT2D eigenvalue weighted by molar-refractivity contribution is 5.85. The van der Waals surface area contributed by atoms with Crippen LogP contribution < -0.4 is 4.90 Å². The first-order chi connectivity index (χ1) is 12.1. The van der Waals surface area contributed by atoms with Crippen molar-refractivity contribution in [1.29, 1.82) is 0 Å². The zero-order valence-corrected chi connectivity index (χ0v) is 13.5. The smallest absolute Gasteiger partial charge is 0.354 e. The first kappa shape index (κ1) is 15.3. The van der Waals surface area contributed by atoms with E-state index in [9.17, 15) is 4.79 Å². The molecule has 8 heteroatoms. The molecule has 1 aliphatic heterocycles. The molecule has 25 heavy (non-hydrogen) atoms. The van der Waals surface area contributed by atoms with E-state index in [-0.39, 0.29) is 5.69 Å². The first-order valence-electron chi connectivity index (χ1n) is 7.84. The zero-order valence-electron chi connectivity index (χ0n) is 13.5. The molecule has 3 aromatic heterocycles. The molecule has 0 radical (unpaired) electrons. The van der Waals surface area contributed by atoms with Crippen molar-refractivity contribution in [2.45, 2.75) is 19.9 Å². The lowest BCUT2D eigenvalue weighted by atomic mass is 10.0. The molecule has 3 aromatic rings. The minimum Gasteiger partial charge on any atom is -0.477 e. The highest BCUT2D eigenvalue weighted by Gasteiger charge is 2.20. The Bertz CT molecular complexity index is 936. The van der Waals surface area contributed by atoms with Crippen LogP contribution in [0, 0.1) is 6.92 Å². The Kier molecular flexibility index (Phi) is 3.64. The Morgan fingerprint density at radius 3 is 2.80 bits per heavy atom. The maximum Gasteiger partial charge on any atom is 0.354 e. The number of carboxylic acids is 1. The number of carboxylic acid groups (broad SMARTS) is 1. The molecule has 0 saturated carbocycles. The summed E-state index contributed by atoms with van der Waals surface area (Å²) >= 11 is 0.